The second kappa shape index (κ2) is 5.66. The van der Waals surface area contributed by atoms with Gasteiger partial charge in [-0.15, -0.1) is 0 Å². The fraction of sp³-hybridized carbons (Fsp3) is 0.217. The van der Waals surface area contributed by atoms with Crippen LogP contribution in [0.25, 0.3) is 27.7 Å². The lowest BCUT2D eigenvalue weighted by Gasteiger charge is -2.10. The third kappa shape index (κ3) is 2.32. The van der Waals surface area contributed by atoms with Crippen LogP contribution in [0, 0.1) is 27.7 Å². The normalized spacial score (nSPS) is 11.4. The van der Waals surface area contributed by atoms with Gasteiger partial charge in [0.1, 0.15) is 0 Å². The summed E-state index contributed by atoms with van der Waals surface area (Å²) in [6.45, 7) is 8.67. The number of hydrogen-bond donors (Lipinski definition) is 0. The van der Waals surface area contributed by atoms with Gasteiger partial charge in [-0.05, 0) is 69.2 Å². The van der Waals surface area contributed by atoms with Crippen molar-refractivity contribution in [3.8, 4) is 11.5 Å². The summed E-state index contributed by atoms with van der Waals surface area (Å²) in [5, 5.41) is 2.55. The van der Waals surface area contributed by atoms with Crippen molar-refractivity contribution in [3.63, 3.8) is 0 Å². The highest BCUT2D eigenvalue weighted by atomic mass is 16.6. The minimum absolute atomic E-state index is 0.853. The summed E-state index contributed by atoms with van der Waals surface area (Å²) < 4.78 is 9.09. The molecule has 1 heterocycles. The SMILES string of the molecule is COc1ccccc1-[o+]1c2c(C)cc(C)cc2c2cc(C)cc(C)c21. The van der Waals surface area contributed by atoms with E-state index in [1.165, 1.54) is 44.2 Å². The maximum absolute atomic E-state index is 5.65. The molecule has 2 heteroatoms. The maximum atomic E-state index is 5.65. The summed E-state index contributed by atoms with van der Waals surface area (Å²) in [4.78, 5) is 0. The molecular weight excluding hydrogens is 308 g/mol. The number of para-hydroxylation sites is 2. The highest BCUT2D eigenvalue weighted by Crippen LogP contribution is 2.44. The maximum Gasteiger partial charge on any atom is 0.310 e. The molecule has 126 valence electrons. The first-order valence-electron chi connectivity index (χ1n) is 8.61. The van der Waals surface area contributed by atoms with Gasteiger partial charge in [0.05, 0.1) is 17.9 Å². The van der Waals surface area contributed by atoms with Crippen LogP contribution in [0.4, 0.5) is 0 Å². The molecule has 0 radical (unpaired) electrons. The van der Waals surface area contributed by atoms with Crippen molar-refractivity contribution in [1.29, 1.82) is 0 Å². The van der Waals surface area contributed by atoms with Gasteiger partial charge in [0.25, 0.3) is 11.2 Å². The number of ether oxygens (including phenoxy) is 1. The Morgan fingerprint density at radius 1 is 0.720 bits per heavy atom. The van der Waals surface area contributed by atoms with Crippen molar-refractivity contribution in [2.45, 2.75) is 27.7 Å². The molecule has 0 aliphatic rings. The number of furan rings is 1. The van der Waals surface area contributed by atoms with E-state index in [0.717, 1.165) is 11.5 Å². The molecule has 0 atom stereocenters. The Morgan fingerprint density at radius 2 is 1.24 bits per heavy atom. The lowest BCUT2D eigenvalue weighted by Crippen LogP contribution is -1.90. The molecule has 4 rings (SSSR count). The highest BCUT2D eigenvalue weighted by Gasteiger charge is 2.26. The Kier molecular flexibility index (Phi) is 3.57. The lowest BCUT2D eigenvalue weighted by atomic mass is 10.0. The molecule has 1 aromatic heterocycles. The molecular formula is C23H23O2+. The van der Waals surface area contributed by atoms with Crippen LogP contribution >= 0.6 is 0 Å². The summed E-state index contributed by atoms with van der Waals surface area (Å²) in [6.07, 6.45) is 0. The predicted molar refractivity (Wildman–Crippen MR) is 105 cm³/mol. The molecule has 25 heavy (non-hydrogen) atoms. The van der Waals surface area contributed by atoms with Gasteiger partial charge in [-0.1, -0.05) is 12.1 Å². The molecule has 0 fully saturated rings. The zero-order valence-corrected chi connectivity index (χ0v) is 15.4. The van der Waals surface area contributed by atoms with Gasteiger partial charge in [0, 0.05) is 17.2 Å². The number of methoxy groups -OCH3 is 1. The second-order valence-corrected chi connectivity index (χ2v) is 6.87. The van der Waals surface area contributed by atoms with Gasteiger partial charge in [-0.25, -0.2) is 0 Å². The Labute approximate surface area is 148 Å². The number of hydrogen-bond acceptors (Lipinski definition) is 1. The number of benzene rings is 3. The van der Waals surface area contributed by atoms with E-state index in [4.69, 9.17) is 4.74 Å². The smallest absolute Gasteiger partial charge is 0.310 e. The number of rotatable bonds is 2. The average molecular weight is 331 g/mol. The van der Waals surface area contributed by atoms with Crippen LogP contribution in [0.3, 0.4) is 0 Å². The van der Waals surface area contributed by atoms with Crippen LogP contribution in [-0.4, -0.2) is 7.11 Å². The Balaban J connectivity index is 2.30. The van der Waals surface area contributed by atoms with Crippen molar-refractivity contribution in [1.82, 2.24) is 0 Å². The third-order valence-electron chi connectivity index (χ3n) is 4.83. The van der Waals surface area contributed by atoms with Crippen molar-refractivity contribution < 1.29 is 8.78 Å². The molecule has 2 nitrogen and oxygen atoms in total. The Hall–Kier alpha value is -2.74. The Morgan fingerprint density at radius 3 is 1.76 bits per heavy atom. The monoisotopic (exact) mass is 331 g/mol. The van der Waals surface area contributed by atoms with Gasteiger partial charge in [-0.3, -0.25) is 0 Å². The minimum atomic E-state index is 0.853. The molecule has 0 aliphatic carbocycles. The quantitative estimate of drug-likeness (QED) is 0.381. The van der Waals surface area contributed by atoms with E-state index in [9.17, 15) is 0 Å². The van der Waals surface area contributed by atoms with Crippen LogP contribution in [-0.2, 0) is 0 Å². The van der Waals surface area contributed by atoms with E-state index in [1.54, 1.807) is 7.11 Å². The van der Waals surface area contributed by atoms with Gasteiger partial charge >= 0.3 is 5.75 Å². The van der Waals surface area contributed by atoms with E-state index in [0.29, 0.717) is 0 Å². The van der Waals surface area contributed by atoms with Crippen molar-refractivity contribution in [2.24, 2.45) is 0 Å². The standard InChI is InChI=1S/C23H23O2/c1-14-10-16(3)22-18(12-14)19-13-15(2)11-17(4)23(19)25(22)21-9-7-6-8-20(21)24-5/h6-13H,1-5H3/q+1. The lowest BCUT2D eigenvalue weighted by molar-refractivity contribution is 0.333. The highest BCUT2D eigenvalue weighted by molar-refractivity contribution is 6.08. The van der Waals surface area contributed by atoms with Gasteiger partial charge in [-0.2, -0.15) is 0 Å². The average Bonchev–Trinajstić information content (AvgIpc) is 2.89. The molecule has 0 amide bonds. The summed E-state index contributed by atoms with van der Waals surface area (Å²) in [7, 11) is 1.72. The van der Waals surface area contributed by atoms with Crippen LogP contribution in [0.1, 0.15) is 22.3 Å². The van der Waals surface area contributed by atoms with Crippen LogP contribution in [0.15, 0.2) is 52.6 Å². The fourth-order valence-electron chi connectivity index (χ4n) is 3.96. The molecule has 0 unspecified atom stereocenters. The van der Waals surface area contributed by atoms with Crippen LogP contribution in [0.5, 0.6) is 5.75 Å². The first kappa shape index (κ1) is 15.8. The molecule has 3 aromatic carbocycles. The first-order valence-corrected chi connectivity index (χ1v) is 8.61. The van der Waals surface area contributed by atoms with Crippen molar-refractivity contribution in [2.75, 3.05) is 7.11 Å². The van der Waals surface area contributed by atoms with E-state index in [2.05, 4.69) is 68.1 Å². The Bertz CT molecular complexity index is 1050. The summed E-state index contributed by atoms with van der Waals surface area (Å²) in [6, 6.07) is 17.2. The molecule has 0 spiro atoms. The molecule has 4 aromatic rings. The number of fused-ring (bicyclic) bond motifs is 3. The summed E-state index contributed by atoms with van der Waals surface area (Å²) in [5.74, 6) is 1.86. The van der Waals surface area contributed by atoms with Crippen LogP contribution < -0.4 is 4.74 Å². The zero-order valence-electron chi connectivity index (χ0n) is 15.4. The summed E-state index contributed by atoms with van der Waals surface area (Å²) in [5.41, 5.74) is 7.42. The van der Waals surface area contributed by atoms with Gasteiger partial charge in [0.2, 0.25) is 5.75 Å². The zero-order chi connectivity index (χ0) is 17.7. The first-order chi connectivity index (χ1) is 12.0. The molecule has 0 aliphatic heterocycles. The molecule has 0 N–H and O–H groups in total. The van der Waals surface area contributed by atoms with Crippen LogP contribution in [0.2, 0.25) is 0 Å². The van der Waals surface area contributed by atoms with Gasteiger partial charge < -0.3 is 8.78 Å². The second-order valence-electron chi connectivity index (χ2n) is 6.87. The van der Waals surface area contributed by atoms with E-state index < -0.39 is 0 Å². The van der Waals surface area contributed by atoms with Gasteiger partial charge in [0.15, 0.2) is 0 Å². The molecule has 0 bridgehead atoms. The molecule has 0 saturated carbocycles. The van der Waals surface area contributed by atoms with Crippen molar-refractivity contribution >= 4 is 21.9 Å². The van der Waals surface area contributed by atoms with E-state index in [-0.39, 0.29) is 0 Å². The minimum Gasteiger partial charge on any atom is -0.495 e. The fourth-order valence-corrected chi connectivity index (χ4v) is 3.96. The third-order valence-corrected chi connectivity index (χ3v) is 4.83. The molecule has 0 saturated heterocycles. The van der Waals surface area contributed by atoms with E-state index >= 15 is 0 Å². The largest absolute Gasteiger partial charge is 0.495 e. The predicted octanol–water partition coefficient (Wildman–Crippen LogP) is 6.51. The summed E-state index contributed by atoms with van der Waals surface area (Å²) >= 11 is 0. The van der Waals surface area contributed by atoms with Crippen molar-refractivity contribution in [3.05, 3.63) is 70.8 Å². The van der Waals surface area contributed by atoms with E-state index in [1.807, 2.05) is 12.1 Å². The topological polar surface area (TPSA) is 11.9 Å². The number of aryl methyl sites for hydroxylation is 4.